The van der Waals surface area contributed by atoms with Gasteiger partial charge in [0.25, 0.3) is 0 Å². The maximum absolute atomic E-state index is 13.3. The SMILES string of the molecule is COC(O)CC1CC(O)(c2ccc(Cl)c(F)c2)C1. The first kappa shape index (κ1) is 13.7. The molecule has 0 bridgehead atoms. The third kappa shape index (κ3) is 2.67. The van der Waals surface area contributed by atoms with E-state index in [1.807, 2.05) is 0 Å². The van der Waals surface area contributed by atoms with E-state index in [9.17, 15) is 14.6 Å². The highest BCUT2D eigenvalue weighted by atomic mass is 35.5. The van der Waals surface area contributed by atoms with Crippen LogP contribution in [0.1, 0.15) is 24.8 Å². The van der Waals surface area contributed by atoms with Crippen LogP contribution in [0.15, 0.2) is 18.2 Å². The number of halogens is 2. The first-order valence-corrected chi connectivity index (χ1v) is 6.21. The van der Waals surface area contributed by atoms with Crippen molar-refractivity contribution in [1.82, 2.24) is 0 Å². The van der Waals surface area contributed by atoms with E-state index in [0.29, 0.717) is 24.8 Å². The molecule has 5 heteroatoms. The van der Waals surface area contributed by atoms with E-state index >= 15 is 0 Å². The van der Waals surface area contributed by atoms with Crippen molar-refractivity contribution in [3.05, 3.63) is 34.6 Å². The van der Waals surface area contributed by atoms with Crippen LogP contribution in [0.2, 0.25) is 5.02 Å². The van der Waals surface area contributed by atoms with Gasteiger partial charge in [-0.25, -0.2) is 4.39 Å². The lowest BCUT2D eigenvalue weighted by molar-refractivity contribution is -0.134. The lowest BCUT2D eigenvalue weighted by Gasteiger charge is -2.44. The number of hydrogen-bond acceptors (Lipinski definition) is 3. The summed E-state index contributed by atoms with van der Waals surface area (Å²) in [6.45, 7) is 0. The van der Waals surface area contributed by atoms with Gasteiger partial charge in [0.1, 0.15) is 5.82 Å². The molecule has 1 unspecified atom stereocenters. The standard InChI is InChI=1S/C13H16ClFO3/c1-18-12(16)4-8-6-13(17,7-8)9-2-3-10(14)11(15)5-9/h2-3,5,8,12,16-17H,4,6-7H2,1H3. The number of methoxy groups -OCH3 is 1. The Kier molecular flexibility index (Phi) is 3.92. The van der Waals surface area contributed by atoms with Crippen LogP contribution in [0.3, 0.4) is 0 Å². The van der Waals surface area contributed by atoms with Gasteiger partial charge in [-0.1, -0.05) is 17.7 Å². The minimum absolute atomic E-state index is 0.0491. The van der Waals surface area contributed by atoms with Gasteiger partial charge in [0, 0.05) is 13.5 Å². The lowest BCUT2D eigenvalue weighted by Crippen LogP contribution is -2.42. The van der Waals surface area contributed by atoms with Crippen molar-refractivity contribution >= 4 is 11.6 Å². The fraction of sp³-hybridized carbons (Fsp3) is 0.538. The largest absolute Gasteiger partial charge is 0.385 e. The van der Waals surface area contributed by atoms with Gasteiger partial charge in [0.15, 0.2) is 6.29 Å². The summed E-state index contributed by atoms with van der Waals surface area (Å²) in [4.78, 5) is 0. The average molecular weight is 275 g/mol. The summed E-state index contributed by atoms with van der Waals surface area (Å²) in [7, 11) is 1.43. The van der Waals surface area contributed by atoms with E-state index in [1.54, 1.807) is 6.07 Å². The summed E-state index contributed by atoms with van der Waals surface area (Å²) in [5.74, 6) is -0.341. The summed E-state index contributed by atoms with van der Waals surface area (Å²) < 4.78 is 18.1. The van der Waals surface area contributed by atoms with Crippen molar-refractivity contribution in [2.45, 2.75) is 31.2 Å². The molecular weight excluding hydrogens is 259 g/mol. The van der Waals surface area contributed by atoms with E-state index in [2.05, 4.69) is 0 Å². The van der Waals surface area contributed by atoms with E-state index in [1.165, 1.54) is 19.2 Å². The molecule has 0 heterocycles. The summed E-state index contributed by atoms with van der Waals surface area (Å²) in [6, 6.07) is 4.35. The second kappa shape index (κ2) is 5.13. The number of ether oxygens (including phenoxy) is 1. The van der Waals surface area contributed by atoms with Crippen LogP contribution < -0.4 is 0 Å². The molecule has 0 aromatic heterocycles. The van der Waals surface area contributed by atoms with Crippen molar-refractivity contribution in [1.29, 1.82) is 0 Å². The highest BCUT2D eigenvalue weighted by molar-refractivity contribution is 6.30. The zero-order valence-corrected chi connectivity index (χ0v) is 10.8. The molecule has 0 radical (unpaired) electrons. The van der Waals surface area contributed by atoms with Gasteiger partial charge in [0.05, 0.1) is 10.6 Å². The van der Waals surface area contributed by atoms with Gasteiger partial charge in [-0.15, -0.1) is 0 Å². The average Bonchev–Trinajstić information content (AvgIpc) is 2.30. The zero-order chi connectivity index (χ0) is 13.3. The quantitative estimate of drug-likeness (QED) is 0.829. The molecule has 0 saturated heterocycles. The number of rotatable bonds is 4. The van der Waals surface area contributed by atoms with E-state index < -0.39 is 17.7 Å². The Bertz CT molecular complexity index is 432. The van der Waals surface area contributed by atoms with Crippen LogP contribution in [0.5, 0.6) is 0 Å². The van der Waals surface area contributed by atoms with Gasteiger partial charge in [-0.05, 0) is 36.5 Å². The maximum Gasteiger partial charge on any atom is 0.154 e. The summed E-state index contributed by atoms with van der Waals surface area (Å²) >= 11 is 5.60. The third-order valence-electron chi connectivity index (χ3n) is 3.52. The molecule has 100 valence electrons. The molecule has 18 heavy (non-hydrogen) atoms. The Labute approximate surface area is 110 Å². The van der Waals surface area contributed by atoms with Crippen LogP contribution in [-0.2, 0) is 10.3 Å². The molecule has 3 nitrogen and oxygen atoms in total. The normalized spacial score (nSPS) is 28.8. The number of aliphatic hydroxyl groups is 2. The fourth-order valence-electron chi connectivity index (χ4n) is 2.46. The highest BCUT2D eigenvalue weighted by Gasteiger charge is 2.44. The molecule has 1 aromatic rings. The molecule has 2 N–H and O–H groups in total. The monoisotopic (exact) mass is 274 g/mol. The molecule has 1 fully saturated rings. The van der Waals surface area contributed by atoms with E-state index in [-0.39, 0.29) is 10.9 Å². The Morgan fingerprint density at radius 2 is 2.22 bits per heavy atom. The van der Waals surface area contributed by atoms with Crippen molar-refractivity contribution in [2.24, 2.45) is 5.92 Å². The second-order valence-corrected chi connectivity index (χ2v) is 5.27. The Balaban J connectivity index is 2.00. The second-order valence-electron chi connectivity index (χ2n) is 4.86. The van der Waals surface area contributed by atoms with Crippen molar-refractivity contribution in [2.75, 3.05) is 7.11 Å². The number of aliphatic hydroxyl groups excluding tert-OH is 1. The first-order chi connectivity index (χ1) is 8.44. The predicted octanol–water partition coefficient (Wildman–Crippen LogP) is 2.43. The number of hydrogen-bond donors (Lipinski definition) is 2. The lowest BCUT2D eigenvalue weighted by atomic mass is 9.66. The Morgan fingerprint density at radius 3 is 2.78 bits per heavy atom. The molecule has 0 amide bonds. The number of benzene rings is 1. The molecule has 1 atom stereocenters. The molecule has 0 spiro atoms. The molecule has 1 saturated carbocycles. The smallest absolute Gasteiger partial charge is 0.154 e. The van der Waals surface area contributed by atoms with Crippen molar-refractivity contribution in [3.8, 4) is 0 Å². The van der Waals surface area contributed by atoms with Crippen LogP contribution in [-0.4, -0.2) is 23.6 Å². The van der Waals surface area contributed by atoms with Gasteiger partial charge in [0.2, 0.25) is 0 Å². The first-order valence-electron chi connectivity index (χ1n) is 5.83. The maximum atomic E-state index is 13.3. The van der Waals surface area contributed by atoms with E-state index in [0.717, 1.165) is 0 Å². The van der Waals surface area contributed by atoms with Crippen LogP contribution in [0, 0.1) is 11.7 Å². The van der Waals surface area contributed by atoms with Crippen LogP contribution in [0.25, 0.3) is 0 Å². The third-order valence-corrected chi connectivity index (χ3v) is 3.82. The van der Waals surface area contributed by atoms with Crippen LogP contribution in [0.4, 0.5) is 4.39 Å². The Hall–Kier alpha value is -0.680. The Morgan fingerprint density at radius 1 is 1.56 bits per heavy atom. The van der Waals surface area contributed by atoms with Gasteiger partial charge in [-0.3, -0.25) is 0 Å². The molecule has 1 aromatic carbocycles. The highest BCUT2D eigenvalue weighted by Crippen LogP contribution is 2.47. The van der Waals surface area contributed by atoms with Crippen LogP contribution >= 0.6 is 11.6 Å². The van der Waals surface area contributed by atoms with Gasteiger partial charge in [-0.2, -0.15) is 0 Å². The minimum atomic E-state index is -1.01. The van der Waals surface area contributed by atoms with Gasteiger partial charge >= 0.3 is 0 Å². The van der Waals surface area contributed by atoms with Crippen molar-refractivity contribution in [3.63, 3.8) is 0 Å². The van der Waals surface area contributed by atoms with Gasteiger partial charge < -0.3 is 14.9 Å². The van der Waals surface area contributed by atoms with Crippen molar-refractivity contribution < 1.29 is 19.3 Å². The summed E-state index contributed by atoms with van der Waals surface area (Å²) in [5, 5.41) is 19.7. The molecule has 2 rings (SSSR count). The molecular formula is C13H16ClFO3. The van der Waals surface area contributed by atoms with E-state index in [4.69, 9.17) is 16.3 Å². The molecule has 1 aliphatic carbocycles. The zero-order valence-electron chi connectivity index (χ0n) is 10.1. The predicted molar refractivity (Wildman–Crippen MR) is 65.7 cm³/mol. The molecule has 0 aliphatic heterocycles. The fourth-order valence-corrected chi connectivity index (χ4v) is 2.58. The minimum Gasteiger partial charge on any atom is -0.385 e. The molecule has 1 aliphatic rings. The summed E-state index contributed by atoms with van der Waals surface area (Å²) in [5.41, 5.74) is -0.476. The topological polar surface area (TPSA) is 49.7 Å². The summed E-state index contributed by atoms with van der Waals surface area (Å²) in [6.07, 6.45) is 0.666.